The molecule has 0 spiro atoms. The van der Waals surface area contributed by atoms with Crippen LogP contribution in [0.4, 0.5) is 10.2 Å². The molecule has 0 unspecified atom stereocenters. The predicted molar refractivity (Wildman–Crippen MR) is 80.7 cm³/mol. The predicted octanol–water partition coefficient (Wildman–Crippen LogP) is 2.07. The average molecular weight is 303 g/mol. The quantitative estimate of drug-likeness (QED) is 0.846. The molecule has 0 atom stereocenters. The van der Waals surface area contributed by atoms with Crippen LogP contribution < -0.4 is 9.64 Å². The van der Waals surface area contributed by atoms with Gasteiger partial charge < -0.3 is 14.4 Å². The van der Waals surface area contributed by atoms with Gasteiger partial charge in [0.1, 0.15) is 0 Å². The molecule has 116 valence electrons. The molecule has 5 nitrogen and oxygen atoms in total. The Morgan fingerprint density at radius 1 is 1.18 bits per heavy atom. The lowest BCUT2D eigenvalue weighted by Gasteiger charge is -2.27. The van der Waals surface area contributed by atoms with Crippen molar-refractivity contribution in [3.63, 3.8) is 0 Å². The highest BCUT2D eigenvalue weighted by Crippen LogP contribution is 2.19. The first-order chi connectivity index (χ1) is 10.8. The molecule has 1 saturated heterocycles. The van der Waals surface area contributed by atoms with Crippen LogP contribution in [0.2, 0.25) is 0 Å². The second-order valence-corrected chi connectivity index (χ2v) is 5.01. The summed E-state index contributed by atoms with van der Waals surface area (Å²) in [6.45, 7) is 2.86. The fourth-order valence-electron chi connectivity index (χ4n) is 2.31. The Labute approximate surface area is 128 Å². The first-order valence-electron chi connectivity index (χ1n) is 7.35. The molecule has 3 rings (SSSR count). The van der Waals surface area contributed by atoms with E-state index in [2.05, 4.69) is 9.97 Å². The minimum absolute atomic E-state index is 0.207. The van der Waals surface area contributed by atoms with Gasteiger partial charge in [0.25, 0.3) is 0 Å². The molecule has 2 heterocycles. The van der Waals surface area contributed by atoms with E-state index in [9.17, 15) is 4.39 Å². The van der Waals surface area contributed by atoms with Gasteiger partial charge >= 0.3 is 6.01 Å². The van der Waals surface area contributed by atoms with Gasteiger partial charge in [0.15, 0.2) is 11.6 Å². The van der Waals surface area contributed by atoms with Crippen LogP contribution in [-0.4, -0.2) is 42.9 Å². The lowest BCUT2D eigenvalue weighted by atomic mass is 10.2. The molecule has 6 heteroatoms. The van der Waals surface area contributed by atoms with Crippen molar-refractivity contribution in [2.45, 2.75) is 6.42 Å². The topological polar surface area (TPSA) is 47.5 Å². The molecule has 22 heavy (non-hydrogen) atoms. The van der Waals surface area contributed by atoms with Gasteiger partial charge in [-0.25, -0.2) is 9.37 Å². The molecule has 1 aromatic carbocycles. The molecule has 1 aromatic heterocycles. The van der Waals surface area contributed by atoms with Gasteiger partial charge in [0, 0.05) is 19.5 Å². The molecule has 0 radical (unpaired) electrons. The van der Waals surface area contributed by atoms with E-state index in [1.165, 1.54) is 5.56 Å². The van der Waals surface area contributed by atoms with E-state index < -0.39 is 5.82 Å². The molecular formula is C16H18FN3O2. The number of morpholine rings is 1. The van der Waals surface area contributed by atoms with Crippen molar-refractivity contribution in [1.29, 1.82) is 0 Å². The molecule has 1 aliphatic heterocycles. The summed E-state index contributed by atoms with van der Waals surface area (Å²) in [5.74, 6) is -0.148. The summed E-state index contributed by atoms with van der Waals surface area (Å²) < 4.78 is 24.7. The monoisotopic (exact) mass is 303 g/mol. The van der Waals surface area contributed by atoms with Crippen molar-refractivity contribution in [3.8, 4) is 6.01 Å². The van der Waals surface area contributed by atoms with Crippen LogP contribution >= 0.6 is 0 Å². The maximum atomic E-state index is 13.9. The van der Waals surface area contributed by atoms with E-state index in [1.807, 2.05) is 35.2 Å². The summed E-state index contributed by atoms with van der Waals surface area (Å²) in [5, 5.41) is 0. The summed E-state index contributed by atoms with van der Waals surface area (Å²) >= 11 is 0. The van der Waals surface area contributed by atoms with Gasteiger partial charge in [-0.15, -0.1) is 0 Å². The Morgan fingerprint density at radius 3 is 2.73 bits per heavy atom. The van der Waals surface area contributed by atoms with E-state index in [0.717, 1.165) is 12.6 Å². The smallest absolute Gasteiger partial charge is 0.318 e. The van der Waals surface area contributed by atoms with Crippen LogP contribution in [0.3, 0.4) is 0 Å². The molecule has 1 fully saturated rings. The molecule has 1 aliphatic rings. The Bertz CT molecular complexity index is 604. The SMILES string of the molecule is Fc1cnc(OCCc2ccccc2)nc1N1CCOCC1. The zero-order chi connectivity index (χ0) is 15.2. The highest BCUT2D eigenvalue weighted by atomic mass is 19.1. The van der Waals surface area contributed by atoms with Crippen LogP contribution in [-0.2, 0) is 11.2 Å². The number of benzene rings is 1. The first-order valence-corrected chi connectivity index (χ1v) is 7.35. The molecule has 0 bridgehead atoms. The number of hydrogen-bond donors (Lipinski definition) is 0. The number of aromatic nitrogens is 2. The van der Waals surface area contributed by atoms with Crippen molar-refractivity contribution in [3.05, 3.63) is 47.9 Å². The Kier molecular flexibility index (Phi) is 4.80. The number of nitrogens with zero attached hydrogens (tertiary/aromatic N) is 3. The van der Waals surface area contributed by atoms with Gasteiger partial charge in [-0.1, -0.05) is 30.3 Å². The van der Waals surface area contributed by atoms with Crippen LogP contribution in [0.15, 0.2) is 36.5 Å². The Morgan fingerprint density at radius 2 is 1.95 bits per heavy atom. The van der Waals surface area contributed by atoms with Crippen LogP contribution in [0.25, 0.3) is 0 Å². The minimum atomic E-state index is -0.433. The number of anilines is 1. The second kappa shape index (κ2) is 7.17. The summed E-state index contributed by atoms with van der Waals surface area (Å²) in [5.41, 5.74) is 1.18. The number of halogens is 1. The number of ether oxygens (including phenoxy) is 2. The van der Waals surface area contributed by atoms with E-state index in [1.54, 1.807) is 0 Å². The third kappa shape index (κ3) is 3.71. The summed E-state index contributed by atoms with van der Waals surface area (Å²) in [6, 6.07) is 10.2. The third-order valence-corrected chi connectivity index (χ3v) is 3.48. The Hall–Kier alpha value is -2.21. The largest absolute Gasteiger partial charge is 0.463 e. The first kappa shape index (κ1) is 14.7. The maximum absolute atomic E-state index is 13.9. The third-order valence-electron chi connectivity index (χ3n) is 3.48. The maximum Gasteiger partial charge on any atom is 0.318 e. The van der Waals surface area contributed by atoms with Gasteiger partial charge in [0.2, 0.25) is 0 Å². The lowest BCUT2D eigenvalue weighted by molar-refractivity contribution is 0.122. The molecule has 0 amide bonds. The number of rotatable bonds is 5. The summed E-state index contributed by atoms with van der Waals surface area (Å²) in [6.07, 6.45) is 1.92. The molecule has 0 saturated carbocycles. The van der Waals surface area contributed by atoms with Crippen molar-refractivity contribution in [2.75, 3.05) is 37.8 Å². The van der Waals surface area contributed by atoms with Crippen molar-refractivity contribution in [2.24, 2.45) is 0 Å². The molecule has 2 aromatic rings. The molecule has 0 aliphatic carbocycles. The van der Waals surface area contributed by atoms with Crippen molar-refractivity contribution in [1.82, 2.24) is 9.97 Å². The van der Waals surface area contributed by atoms with Gasteiger partial charge in [-0.05, 0) is 5.56 Å². The highest BCUT2D eigenvalue weighted by Gasteiger charge is 2.18. The van der Waals surface area contributed by atoms with Crippen LogP contribution in [0, 0.1) is 5.82 Å². The summed E-state index contributed by atoms with van der Waals surface area (Å²) in [7, 11) is 0. The minimum Gasteiger partial charge on any atom is -0.463 e. The van der Waals surface area contributed by atoms with Gasteiger partial charge in [-0.3, -0.25) is 0 Å². The van der Waals surface area contributed by atoms with Gasteiger partial charge in [-0.2, -0.15) is 4.98 Å². The zero-order valence-corrected chi connectivity index (χ0v) is 12.2. The Balaban J connectivity index is 1.61. The normalized spacial score (nSPS) is 14.9. The van der Waals surface area contributed by atoms with E-state index >= 15 is 0 Å². The van der Waals surface area contributed by atoms with Crippen molar-refractivity contribution < 1.29 is 13.9 Å². The van der Waals surface area contributed by atoms with E-state index in [4.69, 9.17) is 9.47 Å². The summed E-state index contributed by atoms with van der Waals surface area (Å²) in [4.78, 5) is 9.94. The van der Waals surface area contributed by atoms with Crippen LogP contribution in [0.1, 0.15) is 5.56 Å². The molecule has 0 N–H and O–H groups in total. The average Bonchev–Trinajstić information content (AvgIpc) is 2.58. The fourth-order valence-corrected chi connectivity index (χ4v) is 2.31. The molecular weight excluding hydrogens is 285 g/mol. The van der Waals surface area contributed by atoms with E-state index in [-0.39, 0.29) is 11.8 Å². The van der Waals surface area contributed by atoms with Gasteiger partial charge in [0.05, 0.1) is 26.0 Å². The highest BCUT2D eigenvalue weighted by molar-refractivity contribution is 5.40. The fraction of sp³-hybridized carbons (Fsp3) is 0.375. The van der Waals surface area contributed by atoms with E-state index in [0.29, 0.717) is 32.9 Å². The number of hydrogen-bond acceptors (Lipinski definition) is 5. The zero-order valence-electron chi connectivity index (χ0n) is 12.2. The standard InChI is InChI=1S/C16H18FN3O2/c17-14-12-18-16(19-15(14)20-7-10-21-11-8-20)22-9-6-13-4-2-1-3-5-13/h1-5,12H,6-11H2. The van der Waals surface area contributed by atoms with Crippen LogP contribution in [0.5, 0.6) is 6.01 Å². The lowest BCUT2D eigenvalue weighted by Crippen LogP contribution is -2.37. The second-order valence-electron chi connectivity index (χ2n) is 5.01. The van der Waals surface area contributed by atoms with Crippen molar-refractivity contribution >= 4 is 5.82 Å².